The summed E-state index contributed by atoms with van der Waals surface area (Å²) in [5.74, 6) is -0.155. The van der Waals surface area contributed by atoms with Crippen molar-refractivity contribution in [3.05, 3.63) is 34.1 Å². The molecule has 20 heavy (non-hydrogen) atoms. The van der Waals surface area contributed by atoms with E-state index in [1.165, 1.54) is 12.1 Å². The highest BCUT2D eigenvalue weighted by atomic mass is 79.9. The van der Waals surface area contributed by atoms with Gasteiger partial charge in [-0.2, -0.15) is 0 Å². The Bertz CT molecular complexity index is 495. The van der Waals surface area contributed by atoms with E-state index >= 15 is 0 Å². The number of nitrogens with two attached hydrogens (primary N) is 1. The fraction of sp³-hybridized carbons (Fsp3) is 0.533. The smallest absolute Gasteiger partial charge is 0.223 e. The van der Waals surface area contributed by atoms with Gasteiger partial charge in [0.05, 0.1) is 6.04 Å². The molecule has 1 aromatic carbocycles. The van der Waals surface area contributed by atoms with Crippen molar-refractivity contribution in [1.29, 1.82) is 0 Å². The number of rotatable bonds is 3. The van der Waals surface area contributed by atoms with Crippen LogP contribution < -0.4 is 5.73 Å². The molecule has 0 spiro atoms. The first-order chi connectivity index (χ1) is 9.54. The van der Waals surface area contributed by atoms with Crippen molar-refractivity contribution in [2.45, 2.75) is 44.7 Å². The highest BCUT2D eigenvalue weighted by Gasteiger charge is 2.33. The van der Waals surface area contributed by atoms with E-state index in [9.17, 15) is 9.18 Å². The van der Waals surface area contributed by atoms with Crippen LogP contribution >= 0.6 is 15.9 Å². The normalized spacial score (nSPS) is 23.8. The van der Waals surface area contributed by atoms with Crippen LogP contribution in [0.15, 0.2) is 22.7 Å². The molecule has 5 heteroatoms. The lowest BCUT2D eigenvalue weighted by atomic mass is 9.96. The molecular weight excluding hydrogens is 323 g/mol. The van der Waals surface area contributed by atoms with E-state index in [1.807, 2.05) is 11.8 Å². The molecule has 0 bridgehead atoms. The maximum Gasteiger partial charge on any atom is 0.223 e. The van der Waals surface area contributed by atoms with Gasteiger partial charge in [-0.05, 0) is 37.0 Å². The fourth-order valence-corrected chi connectivity index (χ4v) is 3.41. The summed E-state index contributed by atoms with van der Waals surface area (Å²) in [7, 11) is 0. The van der Waals surface area contributed by atoms with Gasteiger partial charge in [-0.25, -0.2) is 4.39 Å². The van der Waals surface area contributed by atoms with Gasteiger partial charge < -0.3 is 10.6 Å². The molecule has 110 valence electrons. The third-order valence-corrected chi connectivity index (χ3v) is 4.42. The molecule has 2 atom stereocenters. The second kappa shape index (κ2) is 6.68. The Kier molecular flexibility index (Phi) is 5.16. The predicted molar refractivity (Wildman–Crippen MR) is 80.7 cm³/mol. The Morgan fingerprint density at radius 3 is 2.90 bits per heavy atom. The van der Waals surface area contributed by atoms with Crippen LogP contribution in [-0.2, 0) is 4.79 Å². The molecule has 0 aromatic heterocycles. The van der Waals surface area contributed by atoms with Crippen LogP contribution in [0.2, 0.25) is 0 Å². The first-order valence-corrected chi connectivity index (χ1v) is 7.84. The molecular formula is C15H20BrFN2O. The minimum absolute atomic E-state index is 0.116. The number of hydrogen-bond acceptors (Lipinski definition) is 2. The number of carbonyl (C=O) groups is 1. The third kappa shape index (κ3) is 3.20. The Morgan fingerprint density at radius 1 is 1.50 bits per heavy atom. The lowest BCUT2D eigenvalue weighted by molar-refractivity contribution is -0.133. The van der Waals surface area contributed by atoms with Crippen LogP contribution in [0.1, 0.15) is 44.2 Å². The molecule has 0 saturated carbocycles. The molecule has 0 radical (unpaired) electrons. The summed E-state index contributed by atoms with van der Waals surface area (Å²) in [6, 6.07) is 4.29. The molecule has 0 aliphatic carbocycles. The zero-order valence-electron chi connectivity index (χ0n) is 11.6. The van der Waals surface area contributed by atoms with Gasteiger partial charge in [0.1, 0.15) is 5.82 Å². The summed E-state index contributed by atoms with van der Waals surface area (Å²) in [4.78, 5) is 14.1. The molecule has 1 aliphatic heterocycles. The van der Waals surface area contributed by atoms with E-state index in [1.54, 1.807) is 6.07 Å². The van der Waals surface area contributed by atoms with Crippen LogP contribution in [0.4, 0.5) is 4.39 Å². The number of likely N-dealkylation sites (tertiary alicyclic amines) is 1. The maximum atomic E-state index is 13.3. The molecule has 1 saturated heterocycles. The van der Waals surface area contributed by atoms with Crippen molar-refractivity contribution in [3.8, 4) is 0 Å². The van der Waals surface area contributed by atoms with E-state index in [4.69, 9.17) is 5.73 Å². The lowest BCUT2D eigenvalue weighted by Gasteiger charge is -2.34. The highest BCUT2D eigenvalue weighted by molar-refractivity contribution is 9.10. The third-order valence-electron chi connectivity index (χ3n) is 3.74. The van der Waals surface area contributed by atoms with Gasteiger partial charge in [0, 0.05) is 23.5 Å². The summed E-state index contributed by atoms with van der Waals surface area (Å²) in [6.45, 7) is 2.72. The quantitative estimate of drug-likeness (QED) is 0.915. The van der Waals surface area contributed by atoms with Gasteiger partial charge in [0.2, 0.25) is 5.91 Å². The number of nitrogens with zero attached hydrogens (tertiary/aromatic N) is 1. The van der Waals surface area contributed by atoms with E-state index in [0.717, 1.165) is 24.8 Å². The predicted octanol–water partition coefficient (Wildman–Crippen LogP) is 3.38. The largest absolute Gasteiger partial charge is 0.334 e. The van der Waals surface area contributed by atoms with Crippen LogP contribution in [0, 0.1) is 5.82 Å². The van der Waals surface area contributed by atoms with Crippen LogP contribution in [0.5, 0.6) is 0 Å². The van der Waals surface area contributed by atoms with Crippen molar-refractivity contribution in [2.75, 3.05) is 6.54 Å². The van der Waals surface area contributed by atoms with Gasteiger partial charge in [-0.3, -0.25) is 4.79 Å². The van der Waals surface area contributed by atoms with Crippen LogP contribution in [0.3, 0.4) is 0 Å². The number of hydrogen-bond donors (Lipinski definition) is 1. The number of halogens is 2. The van der Waals surface area contributed by atoms with E-state index in [0.29, 0.717) is 17.4 Å². The topological polar surface area (TPSA) is 46.3 Å². The van der Waals surface area contributed by atoms with E-state index in [-0.39, 0.29) is 23.8 Å². The standard InChI is InChI=1S/C15H20BrFN2O/c1-2-8-19-14(20)5-3-4-13(18)15(19)11-7-6-10(17)9-12(11)16/h6-7,9,13,15H,2-5,8,18H2,1H3. The molecule has 2 N–H and O–H groups in total. The van der Waals surface area contributed by atoms with Crippen molar-refractivity contribution in [3.63, 3.8) is 0 Å². The maximum absolute atomic E-state index is 13.3. The second-order valence-corrected chi connectivity index (χ2v) is 6.11. The first kappa shape index (κ1) is 15.4. The fourth-order valence-electron chi connectivity index (χ4n) is 2.82. The molecule has 2 unspecified atom stereocenters. The second-order valence-electron chi connectivity index (χ2n) is 5.25. The van der Waals surface area contributed by atoms with Crippen molar-refractivity contribution in [2.24, 2.45) is 5.73 Å². The first-order valence-electron chi connectivity index (χ1n) is 7.04. The average Bonchev–Trinajstić information content (AvgIpc) is 2.52. The average molecular weight is 343 g/mol. The molecule has 1 aromatic rings. The number of amides is 1. The molecule has 2 rings (SSSR count). The van der Waals surface area contributed by atoms with E-state index < -0.39 is 0 Å². The van der Waals surface area contributed by atoms with Crippen LogP contribution in [0.25, 0.3) is 0 Å². The van der Waals surface area contributed by atoms with E-state index in [2.05, 4.69) is 15.9 Å². The van der Waals surface area contributed by atoms with Crippen molar-refractivity contribution in [1.82, 2.24) is 4.90 Å². The molecule has 1 fully saturated rings. The highest BCUT2D eigenvalue weighted by Crippen LogP contribution is 2.34. The summed E-state index contributed by atoms with van der Waals surface area (Å²) in [5.41, 5.74) is 7.18. The van der Waals surface area contributed by atoms with Crippen molar-refractivity contribution >= 4 is 21.8 Å². The molecule has 1 amide bonds. The van der Waals surface area contributed by atoms with Gasteiger partial charge in [-0.15, -0.1) is 0 Å². The lowest BCUT2D eigenvalue weighted by Crippen LogP contribution is -2.42. The minimum Gasteiger partial charge on any atom is -0.334 e. The Hall–Kier alpha value is -0.940. The van der Waals surface area contributed by atoms with Crippen molar-refractivity contribution < 1.29 is 9.18 Å². The summed E-state index contributed by atoms with van der Waals surface area (Å²) in [6.07, 6.45) is 3.05. The zero-order chi connectivity index (χ0) is 14.7. The summed E-state index contributed by atoms with van der Waals surface area (Å²) in [5, 5.41) is 0. The molecule has 1 heterocycles. The van der Waals surface area contributed by atoms with Crippen LogP contribution in [-0.4, -0.2) is 23.4 Å². The number of benzene rings is 1. The zero-order valence-corrected chi connectivity index (χ0v) is 13.2. The van der Waals surface area contributed by atoms with Gasteiger partial charge in [0.25, 0.3) is 0 Å². The van der Waals surface area contributed by atoms with Gasteiger partial charge >= 0.3 is 0 Å². The van der Waals surface area contributed by atoms with Gasteiger partial charge in [0.15, 0.2) is 0 Å². The summed E-state index contributed by atoms with van der Waals surface area (Å²) >= 11 is 3.40. The number of carbonyl (C=O) groups excluding carboxylic acids is 1. The Balaban J connectivity index is 2.42. The monoisotopic (exact) mass is 342 g/mol. The summed E-state index contributed by atoms with van der Waals surface area (Å²) < 4.78 is 13.9. The molecule has 1 aliphatic rings. The van der Waals surface area contributed by atoms with Gasteiger partial charge in [-0.1, -0.05) is 28.9 Å². The Labute approximate surface area is 127 Å². The Morgan fingerprint density at radius 2 is 2.25 bits per heavy atom. The SMILES string of the molecule is CCCN1C(=O)CCCC(N)C1c1ccc(F)cc1Br. The molecule has 3 nitrogen and oxygen atoms in total. The minimum atomic E-state index is -0.295.